The van der Waals surface area contributed by atoms with E-state index in [1.807, 2.05) is 30.5 Å². The molecule has 0 atom stereocenters. The average Bonchev–Trinajstić information content (AvgIpc) is 2.89. The SMILES string of the molecule is CC(C)(C)c1nnc2ccc(NCc3cccnc3)nn12. The summed E-state index contributed by atoms with van der Waals surface area (Å²) in [6, 6.07) is 7.77. The molecule has 3 heterocycles. The highest BCUT2D eigenvalue weighted by Gasteiger charge is 2.21. The summed E-state index contributed by atoms with van der Waals surface area (Å²) in [5.41, 5.74) is 1.76. The van der Waals surface area contributed by atoms with Gasteiger partial charge in [0.05, 0.1) is 0 Å². The molecule has 0 fully saturated rings. The van der Waals surface area contributed by atoms with E-state index < -0.39 is 0 Å². The molecule has 1 N–H and O–H groups in total. The van der Waals surface area contributed by atoms with Gasteiger partial charge in [-0.1, -0.05) is 26.8 Å². The second kappa shape index (κ2) is 5.12. The third-order valence-electron chi connectivity index (χ3n) is 3.13. The van der Waals surface area contributed by atoms with Crippen LogP contribution in [0.2, 0.25) is 0 Å². The van der Waals surface area contributed by atoms with Crippen molar-refractivity contribution in [1.29, 1.82) is 0 Å². The van der Waals surface area contributed by atoms with E-state index in [9.17, 15) is 0 Å². The van der Waals surface area contributed by atoms with Crippen LogP contribution in [-0.4, -0.2) is 24.8 Å². The minimum Gasteiger partial charge on any atom is -0.364 e. The van der Waals surface area contributed by atoms with Crippen molar-refractivity contribution in [3.63, 3.8) is 0 Å². The van der Waals surface area contributed by atoms with Gasteiger partial charge < -0.3 is 5.32 Å². The van der Waals surface area contributed by atoms with Crippen LogP contribution in [0.1, 0.15) is 32.2 Å². The highest BCUT2D eigenvalue weighted by Crippen LogP contribution is 2.20. The molecule has 108 valence electrons. The lowest BCUT2D eigenvalue weighted by atomic mass is 9.96. The van der Waals surface area contributed by atoms with Gasteiger partial charge >= 0.3 is 0 Å². The van der Waals surface area contributed by atoms with Crippen molar-refractivity contribution in [2.45, 2.75) is 32.7 Å². The van der Waals surface area contributed by atoms with Gasteiger partial charge in [-0.3, -0.25) is 4.98 Å². The Morgan fingerprint density at radius 1 is 1.14 bits per heavy atom. The molecule has 0 unspecified atom stereocenters. The van der Waals surface area contributed by atoms with E-state index in [4.69, 9.17) is 0 Å². The molecule has 3 aromatic rings. The van der Waals surface area contributed by atoms with Gasteiger partial charge in [0.1, 0.15) is 5.82 Å². The second-order valence-corrected chi connectivity index (χ2v) is 5.98. The van der Waals surface area contributed by atoms with Crippen molar-refractivity contribution in [2.75, 3.05) is 5.32 Å². The van der Waals surface area contributed by atoms with Crippen molar-refractivity contribution >= 4 is 11.5 Å². The Labute approximate surface area is 123 Å². The number of nitrogens with one attached hydrogen (secondary N) is 1. The van der Waals surface area contributed by atoms with E-state index in [1.165, 1.54) is 0 Å². The van der Waals surface area contributed by atoms with Crippen molar-refractivity contribution in [3.05, 3.63) is 48.0 Å². The van der Waals surface area contributed by atoms with E-state index in [1.54, 1.807) is 10.7 Å². The van der Waals surface area contributed by atoms with Crippen LogP contribution in [0, 0.1) is 0 Å². The van der Waals surface area contributed by atoms with Gasteiger partial charge in [0, 0.05) is 24.4 Å². The van der Waals surface area contributed by atoms with Gasteiger partial charge in [-0.25, -0.2) is 0 Å². The number of rotatable bonds is 3. The normalized spacial score (nSPS) is 11.8. The number of anilines is 1. The monoisotopic (exact) mass is 282 g/mol. The molecule has 0 spiro atoms. The zero-order valence-electron chi connectivity index (χ0n) is 12.4. The van der Waals surface area contributed by atoms with Crippen LogP contribution in [0.3, 0.4) is 0 Å². The Kier molecular flexibility index (Phi) is 3.29. The van der Waals surface area contributed by atoms with E-state index in [0.717, 1.165) is 22.9 Å². The van der Waals surface area contributed by atoms with Crippen LogP contribution in [0.4, 0.5) is 5.82 Å². The predicted octanol–water partition coefficient (Wildman–Crippen LogP) is 2.43. The third-order valence-corrected chi connectivity index (χ3v) is 3.13. The topological polar surface area (TPSA) is 68.0 Å². The standard InChI is InChI=1S/C15H18N6/c1-15(2,3)14-19-18-13-7-6-12(20-21(13)14)17-10-11-5-4-8-16-9-11/h4-9H,10H2,1-3H3,(H,17,20). The Hall–Kier alpha value is -2.50. The van der Waals surface area contributed by atoms with E-state index in [0.29, 0.717) is 6.54 Å². The van der Waals surface area contributed by atoms with Gasteiger partial charge in [-0.05, 0) is 23.8 Å². The smallest absolute Gasteiger partial charge is 0.178 e. The summed E-state index contributed by atoms with van der Waals surface area (Å²) in [6.45, 7) is 6.97. The van der Waals surface area contributed by atoms with Crippen LogP contribution in [-0.2, 0) is 12.0 Å². The van der Waals surface area contributed by atoms with Crippen LogP contribution in [0.5, 0.6) is 0 Å². The van der Waals surface area contributed by atoms with Crippen molar-refractivity contribution in [1.82, 2.24) is 24.8 Å². The third kappa shape index (κ3) is 2.84. The lowest BCUT2D eigenvalue weighted by Gasteiger charge is -2.15. The quantitative estimate of drug-likeness (QED) is 0.799. The molecule has 0 saturated carbocycles. The fourth-order valence-electron chi connectivity index (χ4n) is 2.05. The first kappa shape index (κ1) is 13.5. The van der Waals surface area contributed by atoms with E-state index in [2.05, 4.69) is 46.4 Å². The number of aromatic nitrogens is 5. The molecule has 0 saturated heterocycles. The summed E-state index contributed by atoms with van der Waals surface area (Å²) >= 11 is 0. The predicted molar refractivity (Wildman–Crippen MR) is 81.0 cm³/mol. The van der Waals surface area contributed by atoms with Gasteiger partial charge in [0.2, 0.25) is 0 Å². The Morgan fingerprint density at radius 3 is 2.71 bits per heavy atom. The Balaban J connectivity index is 1.87. The molecule has 0 aromatic carbocycles. The number of fused-ring (bicyclic) bond motifs is 1. The largest absolute Gasteiger partial charge is 0.364 e. The minimum absolute atomic E-state index is 0.103. The summed E-state index contributed by atoms with van der Waals surface area (Å²) in [5.74, 6) is 1.64. The molecule has 6 nitrogen and oxygen atoms in total. The number of hydrogen-bond donors (Lipinski definition) is 1. The second-order valence-electron chi connectivity index (χ2n) is 5.98. The van der Waals surface area contributed by atoms with Gasteiger partial charge in [0.15, 0.2) is 11.5 Å². The molecule has 21 heavy (non-hydrogen) atoms. The first-order valence-corrected chi connectivity index (χ1v) is 6.90. The molecule has 0 aliphatic rings. The summed E-state index contributed by atoms with van der Waals surface area (Å²) in [7, 11) is 0. The van der Waals surface area contributed by atoms with Crippen LogP contribution in [0.15, 0.2) is 36.7 Å². The highest BCUT2D eigenvalue weighted by molar-refractivity contribution is 5.44. The molecular weight excluding hydrogens is 264 g/mol. The summed E-state index contributed by atoms with van der Waals surface area (Å²) in [6.07, 6.45) is 3.60. The van der Waals surface area contributed by atoms with Crippen LogP contribution in [0.25, 0.3) is 5.65 Å². The van der Waals surface area contributed by atoms with Crippen molar-refractivity contribution in [2.24, 2.45) is 0 Å². The molecular formula is C15H18N6. The fourth-order valence-corrected chi connectivity index (χ4v) is 2.05. The lowest BCUT2D eigenvalue weighted by molar-refractivity contribution is 0.527. The molecule has 3 rings (SSSR count). The molecule has 0 aliphatic heterocycles. The maximum absolute atomic E-state index is 4.58. The summed E-state index contributed by atoms with van der Waals surface area (Å²) in [5, 5.41) is 16.3. The maximum Gasteiger partial charge on any atom is 0.178 e. The van der Waals surface area contributed by atoms with Crippen LogP contribution < -0.4 is 5.32 Å². The Bertz CT molecular complexity index is 742. The molecule has 3 aromatic heterocycles. The first-order chi connectivity index (χ1) is 10.0. The molecule has 0 amide bonds. The van der Waals surface area contributed by atoms with Gasteiger partial charge in [0.25, 0.3) is 0 Å². The first-order valence-electron chi connectivity index (χ1n) is 6.90. The molecule has 0 aliphatic carbocycles. The number of pyridine rings is 1. The maximum atomic E-state index is 4.58. The highest BCUT2D eigenvalue weighted by atomic mass is 15.4. The molecule has 0 radical (unpaired) electrons. The Morgan fingerprint density at radius 2 is 2.00 bits per heavy atom. The zero-order valence-corrected chi connectivity index (χ0v) is 12.4. The minimum atomic E-state index is -0.103. The lowest BCUT2D eigenvalue weighted by Crippen LogP contribution is -2.17. The molecule has 6 heteroatoms. The summed E-state index contributed by atoms with van der Waals surface area (Å²) in [4.78, 5) is 4.10. The van der Waals surface area contributed by atoms with Crippen LogP contribution >= 0.6 is 0 Å². The van der Waals surface area contributed by atoms with E-state index >= 15 is 0 Å². The summed E-state index contributed by atoms with van der Waals surface area (Å²) < 4.78 is 1.80. The van der Waals surface area contributed by atoms with Gasteiger partial charge in [-0.2, -0.15) is 4.52 Å². The fraction of sp³-hybridized carbons (Fsp3) is 0.333. The number of nitrogens with zero attached hydrogens (tertiary/aromatic N) is 5. The zero-order chi connectivity index (χ0) is 14.9. The van der Waals surface area contributed by atoms with E-state index in [-0.39, 0.29) is 5.41 Å². The number of hydrogen-bond acceptors (Lipinski definition) is 5. The van der Waals surface area contributed by atoms with Crippen molar-refractivity contribution in [3.8, 4) is 0 Å². The molecule has 0 bridgehead atoms. The average molecular weight is 282 g/mol. The van der Waals surface area contributed by atoms with Crippen molar-refractivity contribution < 1.29 is 0 Å². The van der Waals surface area contributed by atoms with Gasteiger partial charge in [-0.15, -0.1) is 15.3 Å².